The molecule has 2 heterocycles. The van der Waals surface area contributed by atoms with E-state index in [-0.39, 0.29) is 18.1 Å². The van der Waals surface area contributed by atoms with Crippen LogP contribution in [0, 0.1) is 41.4 Å². The number of carbonyl (C=O) groups is 3. The number of aliphatic hydroxyl groups excluding tert-OH is 3. The molecule has 2 rings (SSSR count). The first-order valence-corrected chi connectivity index (χ1v) is 16.1. The van der Waals surface area contributed by atoms with Crippen molar-refractivity contribution in [3.63, 3.8) is 0 Å². The van der Waals surface area contributed by atoms with Gasteiger partial charge < -0.3 is 39.0 Å². The molecule has 256 valence electrons. The van der Waals surface area contributed by atoms with Crippen LogP contribution in [-0.4, -0.2) is 94.8 Å². The van der Waals surface area contributed by atoms with E-state index in [1.54, 1.807) is 62.3 Å². The Balaban J connectivity index is 2.60. The van der Waals surface area contributed by atoms with Crippen LogP contribution < -0.4 is 0 Å². The lowest BCUT2D eigenvalue weighted by atomic mass is 9.75. The molecule has 16 atom stereocenters. The number of rotatable bonds is 6. The second-order valence-corrected chi connectivity index (χ2v) is 13.9. The summed E-state index contributed by atoms with van der Waals surface area (Å²) in [4.78, 5) is 39.8. The number of hydrogen-bond acceptors (Lipinski definition) is 11. The molecule has 0 aromatic rings. The average Bonchev–Trinajstić information content (AvgIpc) is 2.96. The molecule has 44 heavy (non-hydrogen) atoms. The van der Waals surface area contributed by atoms with Crippen molar-refractivity contribution < 1.29 is 53.4 Å². The minimum atomic E-state index is -0.964. The first-order chi connectivity index (χ1) is 20.3. The van der Waals surface area contributed by atoms with Crippen molar-refractivity contribution in [1.29, 1.82) is 0 Å². The third-order valence-electron chi connectivity index (χ3n) is 10.3. The van der Waals surface area contributed by atoms with Gasteiger partial charge in [-0.3, -0.25) is 14.4 Å². The second-order valence-electron chi connectivity index (χ2n) is 13.9. The number of hydrogen-bond donors (Lipinski definition) is 3. The van der Waals surface area contributed by atoms with Crippen LogP contribution in [0.1, 0.15) is 89.0 Å². The maximum atomic E-state index is 13.9. The maximum Gasteiger partial charge on any atom is 0.311 e. The molecule has 1 unspecified atom stereocenters. The molecule has 2 aliphatic heterocycles. The van der Waals surface area contributed by atoms with Gasteiger partial charge in [-0.05, 0) is 40.0 Å². The van der Waals surface area contributed by atoms with Gasteiger partial charge in [-0.15, -0.1) is 0 Å². The van der Waals surface area contributed by atoms with Gasteiger partial charge in [-0.2, -0.15) is 0 Å². The van der Waals surface area contributed by atoms with Crippen LogP contribution >= 0.6 is 0 Å². The van der Waals surface area contributed by atoms with Gasteiger partial charge in [-0.25, -0.2) is 0 Å². The molecule has 0 saturated carbocycles. The van der Waals surface area contributed by atoms with Crippen molar-refractivity contribution in [3.05, 3.63) is 0 Å². The first kappa shape index (κ1) is 38.6. The van der Waals surface area contributed by atoms with Crippen molar-refractivity contribution in [2.75, 3.05) is 7.11 Å². The normalized spacial score (nSPS) is 44.7. The highest BCUT2D eigenvalue weighted by Gasteiger charge is 2.49. The quantitative estimate of drug-likeness (QED) is 0.370. The third-order valence-corrected chi connectivity index (χ3v) is 10.3. The molecule has 2 saturated heterocycles. The van der Waals surface area contributed by atoms with E-state index >= 15 is 0 Å². The molecule has 0 aromatic heterocycles. The summed E-state index contributed by atoms with van der Waals surface area (Å²) < 4.78 is 29.9. The van der Waals surface area contributed by atoms with Crippen LogP contribution in [-0.2, 0) is 38.1 Å². The zero-order chi connectivity index (χ0) is 33.8. The molecule has 11 heteroatoms. The van der Waals surface area contributed by atoms with Gasteiger partial charge in [0.2, 0.25) is 0 Å². The number of esters is 2. The Labute approximate surface area is 263 Å². The van der Waals surface area contributed by atoms with Gasteiger partial charge in [0.25, 0.3) is 0 Å². The monoisotopic (exact) mass is 630 g/mol. The molecule has 2 aliphatic rings. The fourth-order valence-corrected chi connectivity index (χ4v) is 6.99. The summed E-state index contributed by atoms with van der Waals surface area (Å²) >= 11 is 0. The lowest BCUT2D eigenvalue weighted by molar-refractivity contribution is -0.298. The van der Waals surface area contributed by atoms with Crippen molar-refractivity contribution >= 4 is 17.7 Å². The first-order valence-electron chi connectivity index (χ1n) is 16.1. The van der Waals surface area contributed by atoms with Crippen LogP contribution in [0.15, 0.2) is 0 Å². The second kappa shape index (κ2) is 15.8. The van der Waals surface area contributed by atoms with Crippen molar-refractivity contribution in [3.8, 4) is 0 Å². The predicted molar refractivity (Wildman–Crippen MR) is 162 cm³/mol. The predicted octanol–water partition coefficient (Wildman–Crippen LogP) is 3.28. The summed E-state index contributed by atoms with van der Waals surface area (Å²) in [5, 5.41) is 32.8. The van der Waals surface area contributed by atoms with Gasteiger partial charge >= 0.3 is 11.9 Å². The summed E-state index contributed by atoms with van der Waals surface area (Å²) in [7, 11) is 1.50. The zero-order valence-electron chi connectivity index (χ0n) is 28.7. The van der Waals surface area contributed by atoms with E-state index in [1.807, 2.05) is 6.92 Å². The topological polar surface area (TPSA) is 158 Å². The number of aliphatic hydroxyl groups is 3. The van der Waals surface area contributed by atoms with Crippen LogP contribution in [0.4, 0.5) is 0 Å². The molecule has 0 bridgehead atoms. The largest absolute Gasteiger partial charge is 0.461 e. The van der Waals surface area contributed by atoms with Gasteiger partial charge in [0.15, 0.2) is 6.29 Å². The number of cyclic esters (lactones) is 1. The Morgan fingerprint density at radius 3 is 2.09 bits per heavy atom. The fraction of sp³-hybridized carbons (Fsp3) is 0.909. The molecule has 0 aliphatic carbocycles. The van der Waals surface area contributed by atoms with E-state index in [2.05, 4.69) is 0 Å². The summed E-state index contributed by atoms with van der Waals surface area (Å²) in [6, 6.07) is 0. The van der Waals surface area contributed by atoms with E-state index in [4.69, 9.17) is 23.7 Å². The van der Waals surface area contributed by atoms with Gasteiger partial charge in [0, 0.05) is 44.1 Å². The smallest absolute Gasteiger partial charge is 0.311 e. The summed E-state index contributed by atoms with van der Waals surface area (Å²) in [6.07, 6.45) is -6.40. The fourth-order valence-electron chi connectivity index (χ4n) is 6.99. The number of methoxy groups -OCH3 is 1. The molecule has 0 amide bonds. The summed E-state index contributed by atoms with van der Waals surface area (Å²) in [5.41, 5.74) is -0.964. The van der Waals surface area contributed by atoms with E-state index in [1.165, 1.54) is 14.0 Å². The van der Waals surface area contributed by atoms with Crippen LogP contribution in [0.2, 0.25) is 0 Å². The highest BCUT2D eigenvalue weighted by atomic mass is 16.7. The minimum Gasteiger partial charge on any atom is -0.461 e. The van der Waals surface area contributed by atoms with Crippen LogP contribution in [0.3, 0.4) is 0 Å². The van der Waals surface area contributed by atoms with E-state index < -0.39 is 102 Å². The van der Waals surface area contributed by atoms with Crippen molar-refractivity contribution in [2.45, 2.75) is 144 Å². The Morgan fingerprint density at radius 2 is 1.57 bits per heavy atom. The van der Waals surface area contributed by atoms with Crippen LogP contribution in [0.25, 0.3) is 0 Å². The Hall–Kier alpha value is -1.63. The Kier molecular flexibility index (Phi) is 13.8. The van der Waals surface area contributed by atoms with E-state index in [9.17, 15) is 29.7 Å². The van der Waals surface area contributed by atoms with Crippen molar-refractivity contribution in [2.24, 2.45) is 41.4 Å². The molecule has 11 nitrogen and oxygen atoms in total. The lowest BCUT2D eigenvalue weighted by Gasteiger charge is -2.46. The highest BCUT2D eigenvalue weighted by molar-refractivity contribution is 5.83. The molecular formula is C33H58O11. The van der Waals surface area contributed by atoms with Gasteiger partial charge in [0.05, 0.1) is 41.9 Å². The van der Waals surface area contributed by atoms with E-state index in [0.717, 1.165) is 0 Å². The number of ketones is 1. The lowest BCUT2D eigenvalue weighted by Crippen LogP contribution is -2.57. The SMILES string of the molecule is CO[C@]1(C)C[C@H](OC2[C@@H](C)C(=O)O[C@H]([C@@H](C)[C@H](C)O)[C@H](C)[C@H](OC(C)=O)[C@@H](C)C(=O)[C@H](C)C[C@H](C)[C@H](O)[C@H]2C)O[C@@H](C)[C@H]1O. The van der Waals surface area contributed by atoms with Gasteiger partial charge in [-0.1, -0.05) is 41.5 Å². The number of ether oxygens (including phenoxy) is 5. The zero-order valence-corrected chi connectivity index (χ0v) is 28.7. The molecule has 3 N–H and O–H groups in total. The molecule has 0 spiro atoms. The third kappa shape index (κ3) is 8.79. The molecular weight excluding hydrogens is 572 g/mol. The Bertz CT molecular complexity index is 971. The number of carbonyl (C=O) groups excluding carboxylic acids is 3. The van der Waals surface area contributed by atoms with Crippen molar-refractivity contribution in [1.82, 2.24) is 0 Å². The molecule has 0 radical (unpaired) electrons. The van der Waals surface area contributed by atoms with E-state index in [0.29, 0.717) is 6.42 Å². The molecule has 0 aromatic carbocycles. The maximum absolute atomic E-state index is 13.9. The molecule has 2 fully saturated rings. The average molecular weight is 631 g/mol. The Morgan fingerprint density at radius 1 is 0.977 bits per heavy atom. The minimum absolute atomic E-state index is 0.134. The summed E-state index contributed by atoms with van der Waals surface area (Å²) in [6.45, 7) is 18.6. The highest BCUT2D eigenvalue weighted by Crippen LogP contribution is 2.38. The standard InChI is InChI=1S/C33H58O11/c1-15-13-16(2)27(37)19(5)30(43-25-14-33(11,40-12)31(38)23(9)41-25)21(7)32(39)44-28(17(3)22(8)34)20(6)29(42-24(10)35)18(4)26(15)36/h15-23,25,27-31,34,37-38H,13-14H2,1-12H3/t15-,16+,17+,18+,19-,20+,21-,22+,23+,25+,27+,28-,29-,30?,31-,33-/m1/s1. The number of Topliss-reactive ketones (excluding diaryl/α,β-unsaturated/α-hetero) is 1. The summed E-state index contributed by atoms with van der Waals surface area (Å²) in [5.74, 6) is -5.56. The van der Waals surface area contributed by atoms with Gasteiger partial charge in [0.1, 0.15) is 24.1 Å². The van der Waals surface area contributed by atoms with Crippen LogP contribution in [0.5, 0.6) is 0 Å².